The number of ether oxygens (including phenoxy) is 1. The van der Waals surface area contributed by atoms with Gasteiger partial charge in [0, 0.05) is 5.92 Å². The summed E-state index contributed by atoms with van der Waals surface area (Å²) in [6.07, 6.45) is 0.859. The van der Waals surface area contributed by atoms with Crippen LogP contribution in [0.5, 0.6) is 0 Å². The molecule has 4 heteroatoms. The molecule has 3 aliphatic rings. The Balaban J connectivity index is 1.93. The van der Waals surface area contributed by atoms with Crippen molar-refractivity contribution in [1.29, 1.82) is 0 Å². The lowest BCUT2D eigenvalue weighted by Crippen LogP contribution is -2.44. The number of alkyl halides is 1. The number of rotatable bonds is 1. The molecule has 3 nitrogen and oxygen atoms in total. The van der Waals surface area contributed by atoms with E-state index in [1.807, 2.05) is 13.8 Å². The quantitative estimate of drug-likeness (QED) is 0.657. The molecule has 3 atom stereocenters. The molecule has 0 aromatic rings. The highest BCUT2D eigenvalue weighted by Gasteiger charge is 2.60. The maximum absolute atomic E-state index is 13.9. The molecule has 3 fully saturated rings. The Kier molecular flexibility index (Phi) is 1.74. The van der Waals surface area contributed by atoms with Crippen LogP contribution in [0.15, 0.2) is 0 Å². The molecule has 15 heavy (non-hydrogen) atoms. The van der Waals surface area contributed by atoms with Gasteiger partial charge in [0.1, 0.15) is 5.72 Å². The van der Waals surface area contributed by atoms with Gasteiger partial charge in [-0.25, -0.2) is 4.39 Å². The molecule has 0 bridgehead atoms. The normalized spacial score (nSPS) is 43.5. The average molecular weight is 213 g/mol. The van der Waals surface area contributed by atoms with Crippen molar-refractivity contribution in [3.05, 3.63) is 0 Å². The van der Waals surface area contributed by atoms with Crippen LogP contribution in [0.1, 0.15) is 26.7 Å². The standard InChI is InChI=1S/C11H16FNO2/c1-11(2)13-7(5-15-11)8(6-3-4-6)9(12)10(13)14/h6-9H,3-5H2,1-2H3/t7-,8+,9+/m1/s1. The van der Waals surface area contributed by atoms with Crippen molar-refractivity contribution in [2.45, 2.75) is 44.6 Å². The number of hydrogen-bond donors (Lipinski definition) is 0. The minimum absolute atomic E-state index is 0.0185. The molecule has 1 saturated carbocycles. The summed E-state index contributed by atoms with van der Waals surface area (Å²) in [5, 5.41) is 0. The predicted octanol–water partition coefficient (Wildman–Crippen LogP) is 1.33. The summed E-state index contributed by atoms with van der Waals surface area (Å²) in [6, 6.07) is -0.0185. The van der Waals surface area contributed by atoms with Crippen LogP contribution in [0.4, 0.5) is 4.39 Å². The molecule has 2 saturated heterocycles. The van der Waals surface area contributed by atoms with Crippen LogP contribution in [-0.4, -0.2) is 35.4 Å². The first kappa shape index (κ1) is 9.58. The van der Waals surface area contributed by atoms with Crippen LogP contribution in [0.25, 0.3) is 0 Å². The Labute approximate surface area is 88.6 Å². The number of amides is 1. The van der Waals surface area contributed by atoms with Gasteiger partial charge in [0.05, 0.1) is 12.6 Å². The van der Waals surface area contributed by atoms with Crippen molar-refractivity contribution in [3.8, 4) is 0 Å². The minimum atomic E-state index is -1.29. The molecule has 0 N–H and O–H groups in total. The van der Waals surface area contributed by atoms with Crippen molar-refractivity contribution < 1.29 is 13.9 Å². The molecular formula is C11H16FNO2. The molecule has 2 heterocycles. The van der Waals surface area contributed by atoms with Crippen LogP contribution in [-0.2, 0) is 9.53 Å². The molecule has 0 spiro atoms. The van der Waals surface area contributed by atoms with Gasteiger partial charge in [-0.05, 0) is 32.6 Å². The summed E-state index contributed by atoms with van der Waals surface area (Å²) in [7, 11) is 0. The van der Waals surface area contributed by atoms with E-state index >= 15 is 0 Å². The highest BCUT2D eigenvalue weighted by atomic mass is 19.1. The van der Waals surface area contributed by atoms with E-state index in [0.717, 1.165) is 12.8 Å². The van der Waals surface area contributed by atoms with Crippen LogP contribution < -0.4 is 0 Å². The fourth-order valence-electron chi connectivity index (χ4n) is 3.07. The Morgan fingerprint density at radius 2 is 2.13 bits per heavy atom. The van der Waals surface area contributed by atoms with Crippen LogP contribution in [0.3, 0.4) is 0 Å². The van der Waals surface area contributed by atoms with E-state index < -0.39 is 11.9 Å². The van der Waals surface area contributed by atoms with Gasteiger partial charge in [-0.15, -0.1) is 0 Å². The summed E-state index contributed by atoms with van der Waals surface area (Å²) >= 11 is 0. The third-order valence-electron chi connectivity index (χ3n) is 3.94. The number of fused-ring (bicyclic) bond motifs is 1. The molecule has 0 aromatic carbocycles. The first-order valence-electron chi connectivity index (χ1n) is 5.63. The van der Waals surface area contributed by atoms with Crippen molar-refractivity contribution in [2.24, 2.45) is 11.8 Å². The van der Waals surface area contributed by atoms with Crippen LogP contribution >= 0.6 is 0 Å². The van der Waals surface area contributed by atoms with Gasteiger partial charge in [-0.3, -0.25) is 4.79 Å². The lowest BCUT2D eigenvalue weighted by Gasteiger charge is -2.29. The first-order valence-corrected chi connectivity index (χ1v) is 5.63. The van der Waals surface area contributed by atoms with E-state index in [0.29, 0.717) is 12.5 Å². The third kappa shape index (κ3) is 1.17. The number of nitrogens with zero attached hydrogens (tertiary/aromatic N) is 1. The van der Waals surface area contributed by atoms with E-state index in [1.165, 1.54) is 0 Å². The molecule has 1 aliphatic carbocycles. The SMILES string of the molecule is CC1(C)OC[C@@H]2[C@H](C3CC3)[C@H](F)C(=O)N21. The summed E-state index contributed by atoms with van der Waals surface area (Å²) < 4.78 is 19.5. The van der Waals surface area contributed by atoms with Crippen molar-refractivity contribution in [3.63, 3.8) is 0 Å². The zero-order valence-corrected chi connectivity index (χ0v) is 9.07. The van der Waals surface area contributed by atoms with E-state index in [9.17, 15) is 9.18 Å². The Morgan fingerprint density at radius 1 is 1.47 bits per heavy atom. The maximum Gasteiger partial charge on any atom is 0.260 e. The van der Waals surface area contributed by atoms with Crippen molar-refractivity contribution in [1.82, 2.24) is 4.90 Å². The number of carbonyl (C=O) groups excluding carboxylic acids is 1. The zero-order valence-electron chi connectivity index (χ0n) is 9.07. The summed E-state index contributed by atoms with van der Waals surface area (Å²) in [5.74, 6) is -0.0601. The maximum atomic E-state index is 13.9. The van der Waals surface area contributed by atoms with Gasteiger partial charge >= 0.3 is 0 Å². The number of carbonyl (C=O) groups is 1. The molecule has 3 rings (SSSR count). The molecular weight excluding hydrogens is 197 g/mol. The molecule has 0 unspecified atom stereocenters. The largest absolute Gasteiger partial charge is 0.354 e. The van der Waals surface area contributed by atoms with E-state index in [2.05, 4.69) is 0 Å². The van der Waals surface area contributed by atoms with Gasteiger partial charge in [0.2, 0.25) is 0 Å². The summed E-state index contributed by atoms with van der Waals surface area (Å²) in [5.41, 5.74) is -0.615. The second kappa shape index (κ2) is 2.73. The lowest BCUT2D eigenvalue weighted by atomic mass is 9.94. The monoisotopic (exact) mass is 213 g/mol. The van der Waals surface area contributed by atoms with Gasteiger partial charge in [0.25, 0.3) is 5.91 Å². The highest BCUT2D eigenvalue weighted by molar-refractivity contribution is 5.85. The fraction of sp³-hybridized carbons (Fsp3) is 0.909. The van der Waals surface area contributed by atoms with Crippen molar-refractivity contribution >= 4 is 5.91 Å². The summed E-state index contributed by atoms with van der Waals surface area (Å²) in [4.78, 5) is 13.4. The average Bonchev–Trinajstić information content (AvgIpc) is 2.88. The van der Waals surface area contributed by atoms with Crippen molar-refractivity contribution in [2.75, 3.05) is 6.61 Å². The van der Waals surface area contributed by atoms with Gasteiger partial charge in [-0.1, -0.05) is 0 Å². The Hall–Kier alpha value is -0.640. The second-order valence-electron chi connectivity index (χ2n) is 5.35. The zero-order chi connectivity index (χ0) is 10.8. The molecule has 0 aromatic heterocycles. The number of halogens is 1. The summed E-state index contributed by atoms with van der Waals surface area (Å²) in [6.45, 7) is 4.18. The second-order valence-corrected chi connectivity index (χ2v) is 5.35. The van der Waals surface area contributed by atoms with E-state index in [1.54, 1.807) is 4.90 Å². The molecule has 84 valence electrons. The molecule has 0 radical (unpaired) electrons. The van der Waals surface area contributed by atoms with Gasteiger partial charge in [0.15, 0.2) is 6.17 Å². The first-order chi connectivity index (χ1) is 7.02. The molecule has 2 aliphatic heterocycles. The van der Waals surface area contributed by atoms with E-state index in [4.69, 9.17) is 4.74 Å². The fourth-order valence-corrected chi connectivity index (χ4v) is 3.07. The Morgan fingerprint density at radius 3 is 2.73 bits per heavy atom. The molecule has 1 amide bonds. The predicted molar refractivity (Wildman–Crippen MR) is 51.8 cm³/mol. The van der Waals surface area contributed by atoms with Gasteiger partial charge < -0.3 is 9.64 Å². The Bertz CT molecular complexity index is 314. The number of hydrogen-bond acceptors (Lipinski definition) is 2. The minimum Gasteiger partial charge on any atom is -0.354 e. The van der Waals surface area contributed by atoms with Crippen LogP contribution in [0.2, 0.25) is 0 Å². The lowest BCUT2D eigenvalue weighted by molar-refractivity contribution is -0.145. The van der Waals surface area contributed by atoms with Gasteiger partial charge in [-0.2, -0.15) is 0 Å². The van der Waals surface area contributed by atoms with Crippen LogP contribution in [0, 0.1) is 11.8 Å². The van der Waals surface area contributed by atoms with E-state index in [-0.39, 0.29) is 17.9 Å². The topological polar surface area (TPSA) is 29.5 Å². The third-order valence-corrected chi connectivity index (χ3v) is 3.94. The highest BCUT2D eigenvalue weighted by Crippen LogP contribution is 2.50. The smallest absolute Gasteiger partial charge is 0.260 e.